The van der Waals surface area contributed by atoms with Crippen LogP contribution in [0.25, 0.3) is 0 Å². The van der Waals surface area contributed by atoms with Crippen LogP contribution in [0.5, 0.6) is 5.88 Å². The lowest BCUT2D eigenvalue weighted by atomic mass is 10.0. The van der Waals surface area contributed by atoms with Crippen LogP contribution in [0, 0.1) is 6.92 Å². The number of nitrogens with one attached hydrogen (secondary N) is 1. The molecule has 204 valence electrons. The molecule has 2 aliphatic rings. The number of aliphatic carboxylic acids is 1. The summed E-state index contributed by atoms with van der Waals surface area (Å²) in [6.07, 6.45) is 6.54. The maximum atomic E-state index is 13.0. The van der Waals surface area contributed by atoms with Gasteiger partial charge in [-0.1, -0.05) is 0 Å². The molecule has 0 atom stereocenters. The van der Waals surface area contributed by atoms with Crippen LogP contribution in [0.2, 0.25) is 0 Å². The maximum Gasteiger partial charge on any atom is 0.415 e. The van der Waals surface area contributed by atoms with E-state index in [4.69, 9.17) is 19.6 Å². The minimum absolute atomic E-state index is 0.197. The molecule has 3 aromatic heterocycles. The Kier molecular flexibility index (Phi) is 6.89. The fourth-order valence-electron chi connectivity index (χ4n) is 4.50. The van der Waals surface area contributed by atoms with Crippen molar-refractivity contribution < 1.29 is 24.2 Å². The standard InChI is InChI=1S/C26H30N8O5/c1-15-19(12-29-23-22(15)34(7-8-38-23)25(37)39-26(2,3)4)33-6-5-16-10-30-24(31-18(16)14-33)32-20-13-27-17(11-28-20)9-21(35)36/h10-13H,5-9,14H2,1-4H3,(H,35,36)(H,28,30,31,32). The summed E-state index contributed by atoms with van der Waals surface area (Å²) in [7, 11) is 0. The third-order valence-electron chi connectivity index (χ3n) is 6.25. The van der Waals surface area contributed by atoms with Crippen molar-refractivity contribution in [1.29, 1.82) is 0 Å². The summed E-state index contributed by atoms with van der Waals surface area (Å²) in [6, 6.07) is 0. The van der Waals surface area contributed by atoms with Crippen LogP contribution in [-0.2, 0) is 28.9 Å². The molecule has 0 radical (unpaired) electrons. The Morgan fingerprint density at radius 2 is 1.92 bits per heavy atom. The van der Waals surface area contributed by atoms with Gasteiger partial charge in [-0.3, -0.25) is 14.7 Å². The van der Waals surface area contributed by atoms with Crippen molar-refractivity contribution in [2.24, 2.45) is 0 Å². The number of fused-ring (bicyclic) bond motifs is 2. The molecule has 0 aliphatic carbocycles. The van der Waals surface area contributed by atoms with Gasteiger partial charge < -0.3 is 24.8 Å². The predicted octanol–water partition coefficient (Wildman–Crippen LogP) is 3.04. The van der Waals surface area contributed by atoms with Crippen LogP contribution >= 0.6 is 0 Å². The smallest absolute Gasteiger partial charge is 0.415 e. The van der Waals surface area contributed by atoms with Crippen molar-refractivity contribution in [3.05, 3.63) is 47.3 Å². The molecule has 39 heavy (non-hydrogen) atoms. The fraction of sp³-hybridized carbons (Fsp3) is 0.423. The Hall–Kier alpha value is -4.55. The van der Waals surface area contributed by atoms with Crippen LogP contribution in [0.4, 0.5) is 27.9 Å². The molecule has 0 spiro atoms. The third kappa shape index (κ3) is 5.81. The summed E-state index contributed by atoms with van der Waals surface area (Å²) in [5.74, 6) is 0.214. The number of carbonyl (C=O) groups excluding carboxylic acids is 1. The van der Waals surface area contributed by atoms with Gasteiger partial charge in [0, 0.05) is 18.3 Å². The minimum atomic E-state index is -0.970. The molecular weight excluding hydrogens is 504 g/mol. The lowest BCUT2D eigenvalue weighted by Crippen LogP contribution is -2.42. The second kappa shape index (κ2) is 10.3. The SMILES string of the molecule is Cc1c(N2CCc3cnc(Nc4cnc(CC(=O)O)cn4)nc3C2)cnc2c1N(C(=O)OC(C)(C)C)CCO2. The minimum Gasteiger partial charge on any atom is -0.481 e. The molecule has 3 aromatic rings. The zero-order chi connectivity index (χ0) is 27.7. The van der Waals surface area contributed by atoms with Crippen LogP contribution in [0.1, 0.15) is 43.3 Å². The molecule has 5 rings (SSSR count). The summed E-state index contributed by atoms with van der Waals surface area (Å²) < 4.78 is 11.4. The first-order chi connectivity index (χ1) is 18.6. The second-order valence-electron chi connectivity index (χ2n) is 10.3. The van der Waals surface area contributed by atoms with Crippen molar-refractivity contribution in [1.82, 2.24) is 24.9 Å². The van der Waals surface area contributed by atoms with Crippen molar-refractivity contribution in [2.45, 2.75) is 52.7 Å². The van der Waals surface area contributed by atoms with Gasteiger partial charge in [0.2, 0.25) is 11.8 Å². The molecule has 0 unspecified atom stereocenters. The highest BCUT2D eigenvalue weighted by Gasteiger charge is 2.32. The third-order valence-corrected chi connectivity index (χ3v) is 6.25. The highest BCUT2D eigenvalue weighted by atomic mass is 16.6. The number of pyridine rings is 1. The lowest BCUT2D eigenvalue weighted by molar-refractivity contribution is -0.136. The van der Waals surface area contributed by atoms with E-state index in [-0.39, 0.29) is 6.42 Å². The molecule has 0 saturated heterocycles. The topological polar surface area (TPSA) is 156 Å². The number of carbonyl (C=O) groups is 2. The Morgan fingerprint density at radius 3 is 2.64 bits per heavy atom. The maximum absolute atomic E-state index is 13.0. The fourth-order valence-corrected chi connectivity index (χ4v) is 4.50. The van der Waals surface area contributed by atoms with E-state index in [9.17, 15) is 9.59 Å². The number of hydrogen-bond acceptors (Lipinski definition) is 11. The van der Waals surface area contributed by atoms with Gasteiger partial charge in [-0.25, -0.2) is 24.7 Å². The van der Waals surface area contributed by atoms with Gasteiger partial charge in [-0.15, -0.1) is 0 Å². The van der Waals surface area contributed by atoms with Crippen LogP contribution in [0.15, 0.2) is 24.8 Å². The van der Waals surface area contributed by atoms with Crippen molar-refractivity contribution in [2.75, 3.05) is 34.8 Å². The van der Waals surface area contributed by atoms with Crippen LogP contribution in [-0.4, -0.2) is 67.4 Å². The number of rotatable bonds is 5. The normalized spacial score (nSPS) is 14.7. The number of aromatic nitrogens is 5. The molecule has 13 nitrogen and oxygen atoms in total. The van der Waals surface area contributed by atoms with Gasteiger partial charge in [-0.2, -0.15) is 0 Å². The first-order valence-corrected chi connectivity index (χ1v) is 12.6. The van der Waals surface area contributed by atoms with Gasteiger partial charge in [0.25, 0.3) is 0 Å². The van der Waals surface area contributed by atoms with Crippen molar-refractivity contribution in [3.8, 4) is 5.88 Å². The number of hydrogen-bond donors (Lipinski definition) is 2. The first-order valence-electron chi connectivity index (χ1n) is 12.6. The number of nitrogens with zero attached hydrogens (tertiary/aromatic N) is 7. The van der Waals surface area contributed by atoms with E-state index in [0.29, 0.717) is 48.7 Å². The van der Waals surface area contributed by atoms with Gasteiger partial charge in [-0.05, 0) is 39.7 Å². The van der Waals surface area contributed by atoms with Gasteiger partial charge in [0.1, 0.15) is 17.9 Å². The van der Waals surface area contributed by atoms with Crippen molar-refractivity contribution >= 4 is 35.2 Å². The van der Waals surface area contributed by atoms with E-state index >= 15 is 0 Å². The number of amides is 1. The van der Waals surface area contributed by atoms with E-state index in [1.807, 2.05) is 27.7 Å². The zero-order valence-electron chi connectivity index (χ0n) is 22.3. The predicted molar refractivity (Wildman–Crippen MR) is 141 cm³/mol. The molecule has 0 saturated carbocycles. The molecule has 5 heterocycles. The Bertz CT molecular complexity index is 1410. The van der Waals surface area contributed by atoms with Gasteiger partial charge >= 0.3 is 12.1 Å². The molecule has 0 aromatic carbocycles. The average molecular weight is 535 g/mol. The number of anilines is 4. The number of ether oxygens (including phenoxy) is 2. The Morgan fingerprint density at radius 1 is 1.10 bits per heavy atom. The summed E-state index contributed by atoms with van der Waals surface area (Å²) in [5, 5.41) is 11.9. The summed E-state index contributed by atoms with van der Waals surface area (Å²) >= 11 is 0. The van der Waals surface area contributed by atoms with E-state index < -0.39 is 17.7 Å². The summed E-state index contributed by atoms with van der Waals surface area (Å²) in [6.45, 7) is 9.43. The molecule has 2 N–H and O–H groups in total. The quantitative estimate of drug-likeness (QED) is 0.494. The molecule has 0 fully saturated rings. The monoisotopic (exact) mass is 534 g/mol. The summed E-state index contributed by atoms with van der Waals surface area (Å²) in [5.41, 5.74) is 4.01. The van der Waals surface area contributed by atoms with Gasteiger partial charge in [0.15, 0.2) is 5.82 Å². The molecule has 1 amide bonds. The summed E-state index contributed by atoms with van der Waals surface area (Å²) in [4.78, 5) is 49.6. The Balaban J connectivity index is 1.36. The largest absolute Gasteiger partial charge is 0.481 e. The highest BCUT2D eigenvalue weighted by Crippen LogP contribution is 2.39. The second-order valence-corrected chi connectivity index (χ2v) is 10.3. The molecular formula is C26H30N8O5. The van der Waals surface area contributed by atoms with E-state index in [0.717, 1.165) is 35.5 Å². The molecule has 13 heteroatoms. The Labute approximate surface area is 225 Å². The van der Waals surface area contributed by atoms with Crippen LogP contribution in [0.3, 0.4) is 0 Å². The van der Waals surface area contributed by atoms with Crippen LogP contribution < -0.4 is 19.9 Å². The van der Waals surface area contributed by atoms with Crippen molar-refractivity contribution in [3.63, 3.8) is 0 Å². The van der Waals surface area contributed by atoms with Gasteiger partial charge in [0.05, 0.1) is 55.2 Å². The molecule has 0 bridgehead atoms. The average Bonchev–Trinajstić information content (AvgIpc) is 2.88. The highest BCUT2D eigenvalue weighted by molar-refractivity contribution is 5.92. The molecule has 2 aliphatic heterocycles. The number of carboxylic acid groups (broad SMARTS) is 1. The number of carboxylic acids is 1. The first kappa shape index (κ1) is 26.1. The van der Waals surface area contributed by atoms with E-state index in [1.165, 1.54) is 12.4 Å². The van der Waals surface area contributed by atoms with E-state index in [1.54, 1.807) is 17.3 Å². The van der Waals surface area contributed by atoms with E-state index in [2.05, 4.69) is 30.2 Å². The lowest BCUT2D eigenvalue weighted by Gasteiger charge is -2.35. The zero-order valence-corrected chi connectivity index (χ0v) is 22.3.